The predicted octanol–water partition coefficient (Wildman–Crippen LogP) is 3.29. The molecule has 1 atom stereocenters. The van der Waals surface area contributed by atoms with Crippen LogP contribution in [0, 0.1) is 5.92 Å². The average Bonchev–Trinajstić information content (AvgIpc) is 3.31. The Morgan fingerprint density at radius 1 is 1.06 bits per heavy atom. The Hall–Kier alpha value is -3.09. The maximum absolute atomic E-state index is 5.53. The van der Waals surface area contributed by atoms with Crippen molar-refractivity contribution in [1.29, 1.82) is 0 Å². The Morgan fingerprint density at radius 3 is 2.53 bits per heavy atom. The summed E-state index contributed by atoms with van der Waals surface area (Å²) < 4.78 is 16.3. The van der Waals surface area contributed by atoms with Gasteiger partial charge in [-0.05, 0) is 48.6 Å². The second kappa shape index (κ2) is 11.5. The highest BCUT2D eigenvalue weighted by atomic mass is 16.5. The molecular weight excluding hydrogens is 404 g/mol. The molecule has 7 heteroatoms. The summed E-state index contributed by atoms with van der Waals surface area (Å²) in [5, 5.41) is 3.56. The van der Waals surface area contributed by atoms with Gasteiger partial charge in [0, 0.05) is 40.3 Å². The summed E-state index contributed by atoms with van der Waals surface area (Å²) in [6, 6.07) is 14.3. The largest absolute Gasteiger partial charge is 0.495 e. The molecule has 174 valence electrons. The molecule has 0 spiro atoms. The quantitative estimate of drug-likeness (QED) is 0.477. The van der Waals surface area contributed by atoms with Crippen molar-refractivity contribution >= 4 is 11.6 Å². The molecule has 0 aromatic heterocycles. The minimum absolute atomic E-state index is 0.566. The first-order chi connectivity index (χ1) is 15.6. The van der Waals surface area contributed by atoms with Crippen molar-refractivity contribution in [3.8, 4) is 17.2 Å². The van der Waals surface area contributed by atoms with E-state index in [0.29, 0.717) is 5.92 Å². The number of nitrogens with one attached hydrogen (secondary N) is 1. The fourth-order valence-electron chi connectivity index (χ4n) is 4.17. The maximum atomic E-state index is 5.53. The number of para-hydroxylation sites is 2. The van der Waals surface area contributed by atoms with E-state index in [4.69, 9.17) is 14.2 Å². The minimum Gasteiger partial charge on any atom is -0.495 e. The molecule has 1 N–H and O–H groups in total. The number of hydrogen-bond donors (Lipinski definition) is 1. The molecule has 7 nitrogen and oxygen atoms in total. The number of guanidine groups is 1. The Labute approximate surface area is 192 Å². The van der Waals surface area contributed by atoms with E-state index in [-0.39, 0.29) is 0 Å². The lowest BCUT2D eigenvalue weighted by Gasteiger charge is -2.24. The zero-order valence-electron chi connectivity index (χ0n) is 19.9. The molecule has 1 heterocycles. The summed E-state index contributed by atoms with van der Waals surface area (Å²) in [5.41, 5.74) is 2.38. The number of methoxy groups -OCH3 is 3. The summed E-state index contributed by atoms with van der Waals surface area (Å²) in [7, 11) is 8.96. The third kappa shape index (κ3) is 5.78. The number of benzene rings is 2. The maximum Gasteiger partial charge on any atom is 0.193 e. The normalized spacial score (nSPS) is 16.1. The van der Waals surface area contributed by atoms with Crippen LogP contribution in [0.3, 0.4) is 0 Å². The number of anilines is 1. The monoisotopic (exact) mass is 440 g/mol. The molecule has 0 bridgehead atoms. The Morgan fingerprint density at radius 2 is 1.81 bits per heavy atom. The molecule has 0 radical (unpaired) electrons. The Balaban J connectivity index is 1.49. The summed E-state index contributed by atoms with van der Waals surface area (Å²) in [6.07, 6.45) is 2.04. The minimum atomic E-state index is 0.566. The summed E-state index contributed by atoms with van der Waals surface area (Å²) >= 11 is 0. The highest BCUT2D eigenvalue weighted by Crippen LogP contribution is 2.32. The van der Waals surface area contributed by atoms with Crippen molar-refractivity contribution in [2.75, 3.05) is 66.5 Å². The van der Waals surface area contributed by atoms with E-state index in [1.165, 1.54) is 11.3 Å². The summed E-state index contributed by atoms with van der Waals surface area (Å²) in [4.78, 5) is 9.06. The number of rotatable bonds is 9. The van der Waals surface area contributed by atoms with Crippen LogP contribution in [-0.2, 0) is 6.42 Å². The van der Waals surface area contributed by atoms with Gasteiger partial charge in [0.25, 0.3) is 0 Å². The second-order valence-corrected chi connectivity index (χ2v) is 8.06. The Bertz CT molecular complexity index is 903. The fraction of sp³-hybridized carbons (Fsp3) is 0.480. The van der Waals surface area contributed by atoms with Crippen LogP contribution in [0.2, 0.25) is 0 Å². The highest BCUT2D eigenvalue weighted by Gasteiger charge is 2.25. The smallest absolute Gasteiger partial charge is 0.193 e. The van der Waals surface area contributed by atoms with Crippen LogP contribution in [0.1, 0.15) is 12.0 Å². The molecule has 1 unspecified atom stereocenters. The van der Waals surface area contributed by atoms with E-state index >= 15 is 0 Å². The van der Waals surface area contributed by atoms with Crippen molar-refractivity contribution in [3.63, 3.8) is 0 Å². The van der Waals surface area contributed by atoms with Crippen molar-refractivity contribution in [2.45, 2.75) is 12.8 Å². The molecule has 1 fully saturated rings. The van der Waals surface area contributed by atoms with Crippen molar-refractivity contribution < 1.29 is 14.2 Å². The number of ether oxygens (including phenoxy) is 3. The highest BCUT2D eigenvalue weighted by molar-refractivity contribution is 5.79. The lowest BCUT2D eigenvalue weighted by molar-refractivity contribution is 0.354. The van der Waals surface area contributed by atoms with Crippen molar-refractivity contribution in [2.24, 2.45) is 10.9 Å². The average molecular weight is 441 g/mol. The van der Waals surface area contributed by atoms with Gasteiger partial charge in [0.15, 0.2) is 17.5 Å². The first-order valence-electron chi connectivity index (χ1n) is 11.1. The van der Waals surface area contributed by atoms with Gasteiger partial charge in [-0.3, -0.25) is 4.99 Å². The van der Waals surface area contributed by atoms with E-state index in [2.05, 4.69) is 45.4 Å². The second-order valence-electron chi connectivity index (χ2n) is 8.06. The van der Waals surface area contributed by atoms with E-state index < -0.39 is 0 Å². The van der Waals surface area contributed by atoms with Crippen LogP contribution < -0.4 is 24.4 Å². The molecule has 1 aliphatic heterocycles. The van der Waals surface area contributed by atoms with Gasteiger partial charge in [-0.1, -0.05) is 18.2 Å². The molecule has 0 saturated carbocycles. The number of nitrogens with zero attached hydrogens (tertiary/aromatic N) is 3. The molecule has 2 aromatic carbocycles. The van der Waals surface area contributed by atoms with Crippen molar-refractivity contribution in [3.05, 3.63) is 48.0 Å². The summed E-state index contributed by atoms with van der Waals surface area (Å²) in [6.45, 7) is 3.81. The van der Waals surface area contributed by atoms with Crippen LogP contribution in [-0.4, -0.2) is 72.5 Å². The van der Waals surface area contributed by atoms with Gasteiger partial charge >= 0.3 is 0 Å². The Kier molecular flexibility index (Phi) is 8.48. The summed E-state index contributed by atoms with van der Waals surface area (Å²) in [5.74, 6) is 3.93. The standard InChI is InChI=1S/C25H36N4O3/c1-26-25(28(2)14-12-19-10-11-23(31-4)24(16-19)32-5)27-17-20-13-15-29(18-20)21-8-6-7-9-22(21)30-3/h6-11,16,20H,12-15,17-18H2,1-5H3,(H,26,27). The number of hydrogen-bond acceptors (Lipinski definition) is 5. The first kappa shape index (κ1) is 23.6. The predicted molar refractivity (Wildman–Crippen MR) is 131 cm³/mol. The third-order valence-electron chi connectivity index (χ3n) is 6.02. The van der Waals surface area contributed by atoms with Gasteiger partial charge in [0.2, 0.25) is 0 Å². The van der Waals surface area contributed by atoms with E-state index in [1.807, 2.05) is 31.3 Å². The van der Waals surface area contributed by atoms with Crippen LogP contribution in [0.4, 0.5) is 5.69 Å². The molecule has 2 aromatic rings. The number of aliphatic imine (C=N–C) groups is 1. The van der Waals surface area contributed by atoms with Crippen LogP contribution in [0.5, 0.6) is 17.2 Å². The van der Waals surface area contributed by atoms with Gasteiger partial charge in [-0.25, -0.2) is 0 Å². The first-order valence-corrected chi connectivity index (χ1v) is 11.1. The SMILES string of the molecule is CN=C(NCC1CCN(c2ccccc2OC)C1)N(C)CCc1ccc(OC)c(OC)c1. The van der Waals surface area contributed by atoms with Gasteiger partial charge in [-0.15, -0.1) is 0 Å². The van der Waals surface area contributed by atoms with Crippen LogP contribution in [0.25, 0.3) is 0 Å². The lowest BCUT2D eigenvalue weighted by Crippen LogP contribution is -2.42. The molecule has 3 rings (SSSR count). The van der Waals surface area contributed by atoms with E-state index in [1.54, 1.807) is 21.3 Å². The molecule has 1 saturated heterocycles. The lowest BCUT2D eigenvalue weighted by atomic mass is 10.1. The van der Waals surface area contributed by atoms with Crippen LogP contribution in [0.15, 0.2) is 47.5 Å². The zero-order chi connectivity index (χ0) is 22.9. The van der Waals surface area contributed by atoms with Crippen molar-refractivity contribution in [1.82, 2.24) is 10.2 Å². The molecular formula is C25H36N4O3. The fourth-order valence-corrected chi connectivity index (χ4v) is 4.17. The molecule has 32 heavy (non-hydrogen) atoms. The van der Waals surface area contributed by atoms with Crippen LogP contribution >= 0.6 is 0 Å². The topological polar surface area (TPSA) is 58.6 Å². The van der Waals surface area contributed by atoms with Gasteiger partial charge < -0.3 is 29.3 Å². The van der Waals surface area contributed by atoms with Gasteiger partial charge in [0.1, 0.15) is 5.75 Å². The molecule has 1 aliphatic rings. The zero-order valence-corrected chi connectivity index (χ0v) is 19.9. The molecule has 0 aliphatic carbocycles. The molecule has 0 amide bonds. The number of likely N-dealkylation sites (N-methyl/N-ethyl adjacent to an activating group) is 1. The van der Waals surface area contributed by atoms with Gasteiger partial charge in [0.05, 0.1) is 27.0 Å². The third-order valence-corrected chi connectivity index (χ3v) is 6.02. The van der Waals surface area contributed by atoms with E-state index in [9.17, 15) is 0 Å². The van der Waals surface area contributed by atoms with E-state index in [0.717, 1.165) is 62.2 Å². The van der Waals surface area contributed by atoms with Gasteiger partial charge in [-0.2, -0.15) is 0 Å².